The Bertz CT molecular complexity index is 1450. The number of alkyl carbamates (subject to hydrolysis) is 1. The summed E-state index contributed by atoms with van der Waals surface area (Å²) in [6.07, 6.45) is 5.46. The zero-order chi connectivity index (χ0) is 32.2. The third-order valence-corrected chi connectivity index (χ3v) is 7.64. The molecule has 0 radical (unpaired) electrons. The molecule has 0 aliphatic rings. The summed E-state index contributed by atoms with van der Waals surface area (Å²) >= 11 is 0. The number of benzene rings is 4. The first-order valence-corrected chi connectivity index (χ1v) is 16.0. The van der Waals surface area contributed by atoms with Gasteiger partial charge >= 0.3 is 6.09 Å². The number of nitrogens with one attached hydrogen (secondary N) is 3. The number of aryl methyl sites for hydroxylation is 2. The quantitative estimate of drug-likeness (QED) is 0.0642. The van der Waals surface area contributed by atoms with Crippen LogP contribution in [0.1, 0.15) is 59.6 Å². The summed E-state index contributed by atoms with van der Waals surface area (Å²) < 4.78 is 11.1. The Hall–Kier alpha value is -4.66. The molecule has 0 saturated heterocycles. The smallest absolute Gasteiger partial charge is 0.407 e. The predicted molar refractivity (Wildman–Crippen MR) is 182 cm³/mol. The molecule has 0 bridgehead atoms. The lowest BCUT2D eigenvalue weighted by Gasteiger charge is -2.16. The van der Waals surface area contributed by atoms with E-state index < -0.39 is 6.10 Å². The fourth-order valence-electron chi connectivity index (χ4n) is 5.02. The molecule has 4 aromatic rings. The average Bonchev–Trinajstić information content (AvgIpc) is 3.09. The van der Waals surface area contributed by atoms with Gasteiger partial charge in [0.05, 0.1) is 11.8 Å². The van der Waals surface area contributed by atoms with Crippen molar-refractivity contribution in [2.75, 3.05) is 25.0 Å². The third-order valence-electron chi connectivity index (χ3n) is 7.64. The molecule has 46 heavy (non-hydrogen) atoms. The number of ether oxygens (including phenoxy) is 2. The molecule has 0 fully saturated rings. The van der Waals surface area contributed by atoms with Crippen LogP contribution in [0.15, 0.2) is 103 Å². The number of unbranched alkanes of at least 4 members (excludes halogenated alkanes) is 2. The number of hydrogen-bond donors (Lipinski definition) is 4. The van der Waals surface area contributed by atoms with Crippen molar-refractivity contribution in [2.24, 2.45) is 0 Å². The lowest BCUT2D eigenvalue weighted by Crippen LogP contribution is -2.25. The second-order valence-corrected chi connectivity index (χ2v) is 11.2. The standard InChI is InChI=1S/C38H45N3O5/c42-29-41-35-25-34(21-22-37(35)45-27-32-13-3-1-4-14-32)36(43)26-39-23-9-7-11-30-17-19-31(20-18-30)12-8-10-24-40-38(44)46-28-33-15-5-2-6-16-33/h1-6,13-22,25,29,36,39,43H,7-12,23-24,26-28H2,(H,40,44)(H,41,42)/t36-/m1/s1. The van der Waals surface area contributed by atoms with Crippen molar-refractivity contribution in [2.45, 2.75) is 57.8 Å². The van der Waals surface area contributed by atoms with Crippen LogP contribution in [0, 0.1) is 0 Å². The highest BCUT2D eigenvalue weighted by Crippen LogP contribution is 2.29. The Morgan fingerprint density at radius 3 is 1.96 bits per heavy atom. The molecule has 0 aromatic heterocycles. The number of amides is 2. The van der Waals surface area contributed by atoms with Crippen LogP contribution in [0.25, 0.3) is 0 Å². The lowest BCUT2D eigenvalue weighted by atomic mass is 10.0. The Balaban J connectivity index is 1.05. The van der Waals surface area contributed by atoms with Gasteiger partial charge in [0.1, 0.15) is 19.0 Å². The SMILES string of the molecule is O=CNc1cc([C@H](O)CNCCCCc2ccc(CCCCNC(=O)OCc3ccccc3)cc2)ccc1OCc1ccccc1. The van der Waals surface area contributed by atoms with Crippen LogP contribution in [0.3, 0.4) is 0 Å². The van der Waals surface area contributed by atoms with Crippen molar-refractivity contribution in [1.29, 1.82) is 0 Å². The monoisotopic (exact) mass is 623 g/mol. The number of carbonyl (C=O) groups is 2. The van der Waals surface area contributed by atoms with Gasteiger partial charge in [-0.05, 0) is 85.0 Å². The molecule has 8 heteroatoms. The Morgan fingerprint density at radius 2 is 1.33 bits per heavy atom. The van der Waals surface area contributed by atoms with E-state index in [0.29, 0.717) is 43.1 Å². The largest absolute Gasteiger partial charge is 0.487 e. The molecule has 0 aliphatic heterocycles. The fourth-order valence-corrected chi connectivity index (χ4v) is 5.02. The van der Waals surface area contributed by atoms with Gasteiger partial charge in [0, 0.05) is 13.1 Å². The molecule has 0 unspecified atom stereocenters. The van der Waals surface area contributed by atoms with Gasteiger partial charge in [0.25, 0.3) is 0 Å². The first-order valence-electron chi connectivity index (χ1n) is 16.0. The van der Waals surface area contributed by atoms with Gasteiger partial charge in [-0.25, -0.2) is 4.79 Å². The Kier molecular flexibility index (Phi) is 14.6. The molecule has 2 amide bonds. The van der Waals surface area contributed by atoms with Gasteiger partial charge in [-0.1, -0.05) is 91.0 Å². The predicted octanol–water partition coefficient (Wildman–Crippen LogP) is 6.73. The van der Waals surface area contributed by atoms with E-state index in [4.69, 9.17) is 9.47 Å². The number of aliphatic hydroxyl groups excluding tert-OH is 1. The highest BCUT2D eigenvalue weighted by Gasteiger charge is 2.12. The summed E-state index contributed by atoms with van der Waals surface area (Å²) in [7, 11) is 0. The molecule has 4 aromatic carbocycles. The van der Waals surface area contributed by atoms with Crippen LogP contribution < -0.4 is 20.7 Å². The second kappa shape index (κ2) is 19.7. The van der Waals surface area contributed by atoms with Crippen molar-refractivity contribution < 1.29 is 24.2 Å². The van der Waals surface area contributed by atoms with Crippen LogP contribution in [-0.2, 0) is 35.6 Å². The van der Waals surface area contributed by atoms with Crippen molar-refractivity contribution in [3.05, 3.63) is 131 Å². The molecule has 0 heterocycles. The maximum atomic E-state index is 11.9. The number of anilines is 1. The summed E-state index contributed by atoms with van der Waals surface area (Å²) in [5, 5.41) is 19.5. The molecule has 0 spiro atoms. The van der Waals surface area contributed by atoms with Crippen molar-refractivity contribution in [3.63, 3.8) is 0 Å². The Labute approximate surface area is 272 Å². The van der Waals surface area contributed by atoms with Crippen LogP contribution in [0.5, 0.6) is 5.75 Å². The van der Waals surface area contributed by atoms with Crippen LogP contribution in [0.2, 0.25) is 0 Å². The second-order valence-electron chi connectivity index (χ2n) is 11.2. The fraction of sp³-hybridized carbons (Fsp3) is 0.316. The maximum Gasteiger partial charge on any atom is 0.407 e. The minimum atomic E-state index is -0.702. The van der Waals surface area contributed by atoms with Gasteiger partial charge in [0.2, 0.25) is 6.41 Å². The van der Waals surface area contributed by atoms with Gasteiger partial charge in [-0.15, -0.1) is 0 Å². The summed E-state index contributed by atoms with van der Waals surface area (Å²) in [6, 6.07) is 33.6. The average molecular weight is 624 g/mol. The minimum absolute atomic E-state index is 0.281. The van der Waals surface area contributed by atoms with E-state index in [1.54, 1.807) is 12.1 Å². The van der Waals surface area contributed by atoms with E-state index in [1.165, 1.54) is 11.1 Å². The van der Waals surface area contributed by atoms with Gasteiger partial charge in [-0.3, -0.25) is 4.79 Å². The molecular formula is C38H45N3O5. The highest BCUT2D eigenvalue weighted by atomic mass is 16.5. The van der Waals surface area contributed by atoms with E-state index in [-0.39, 0.29) is 12.7 Å². The number of hydrogen-bond acceptors (Lipinski definition) is 6. The topological polar surface area (TPSA) is 109 Å². The molecule has 0 aliphatic carbocycles. The van der Waals surface area contributed by atoms with Gasteiger partial charge < -0.3 is 30.5 Å². The van der Waals surface area contributed by atoms with E-state index in [2.05, 4.69) is 40.2 Å². The van der Waals surface area contributed by atoms with Crippen LogP contribution >= 0.6 is 0 Å². The third kappa shape index (κ3) is 12.4. The number of rotatable bonds is 20. The first kappa shape index (κ1) is 34.2. The highest BCUT2D eigenvalue weighted by molar-refractivity contribution is 5.76. The van der Waals surface area contributed by atoms with Gasteiger partial charge in [-0.2, -0.15) is 0 Å². The molecule has 242 valence electrons. The van der Waals surface area contributed by atoms with E-state index >= 15 is 0 Å². The van der Waals surface area contributed by atoms with Crippen molar-refractivity contribution in [3.8, 4) is 5.75 Å². The lowest BCUT2D eigenvalue weighted by molar-refractivity contribution is -0.105. The van der Waals surface area contributed by atoms with E-state index in [1.807, 2.05) is 66.7 Å². The van der Waals surface area contributed by atoms with E-state index in [9.17, 15) is 14.7 Å². The normalized spacial score (nSPS) is 11.4. The van der Waals surface area contributed by atoms with Gasteiger partial charge in [0.15, 0.2) is 0 Å². The first-order chi connectivity index (χ1) is 22.6. The number of aliphatic hydroxyl groups is 1. The molecule has 8 nitrogen and oxygen atoms in total. The molecule has 4 rings (SSSR count). The van der Waals surface area contributed by atoms with Crippen molar-refractivity contribution in [1.82, 2.24) is 10.6 Å². The molecular weight excluding hydrogens is 578 g/mol. The summed E-state index contributed by atoms with van der Waals surface area (Å²) in [5.74, 6) is 0.555. The van der Waals surface area contributed by atoms with Crippen LogP contribution in [0.4, 0.5) is 10.5 Å². The van der Waals surface area contributed by atoms with Crippen molar-refractivity contribution >= 4 is 18.2 Å². The zero-order valence-corrected chi connectivity index (χ0v) is 26.3. The molecule has 4 N–H and O–H groups in total. The maximum absolute atomic E-state index is 11.9. The summed E-state index contributed by atoms with van der Waals surface area (Å²) in [5.41, 5.74) is 5.86. The summed E-state index contributed by atoms with van der Waals surface area (Å²) in [4.78, 5) is 23.0. The zero-order valence-electron chi connectivity index (χ0n) is 26.3. The van der Waals surface area contributed by atoms with Crippen LogP contribution in [-0.4, -0.2) is 37.2 Å². The molecule has 0 saturated carbocycles. The number of carbonyl (C=O) groups excluding carboxylic acids is 2. The van der Waals surface area contributed by atoms with E-state index in [0.717, 1.165) is 56.2 Å². The molecule has 1 atom stereocenters. The minimum Gasteiger partial charge on any atom is -0.487 e. The summed E-state index contributed by atoms with van der Waals surface area (Å²) in [6.45, 7) is 2.50. The Morgan fingerprint density at radius 1 is 0.717 bits per heavy atom.